The quantitative estimate of drug-likeness (QED) is 0.195. The number of furan rings is 1. The monoisotopic (exact) mass is 625 g/mol. The summed E-state index contributed by atoms with van der Waals surface area (Å²) in [6.07, 6.45) is 0. The van der Waals surface area contributed by atoms with Gasteiger partial charge in [0.2, 0.25) is 0 Å². The van der Waals surface area contributed by atoms with E-state index < -0.39 is 0 Å². The lowest BCUT2D eigenvalue weighted by Gasteiger charge is -2.13. The van der Waals surface area contributed by atoms with Gasteiger partial charge in [0.25, 0.3) is 0 Å². The van der Waals surface area contributed by atoms with Crippen LogP contribution < -0.4 is 0 Å². The fraction of sp³-hybridized carbons (Fsp3) is 0. The third-order valence-corrected chi connectivity index (χ3v) is 9.47. The molecule has 2 heterocycles. The zero-order valence-electron chi connectivity index (χ0n) is 26.3. The molecule has 0 spiro atoms. The Morgan fingerprint density at radius 2 is 0.857 bits per heavy atom. The van der Waals surface area contributed by atoms with E-state index in [1.807, 2.05) is 12.1 Å². The minimum absolute atomic E-state index is 0.588. The molecular formula is C45H27N3O. The summed E-state index contributed by atoms with van der Waals surface area (Å²) in [6.45, 7) is 0. The topological polar surface area (TPSA) is 51.8 Å². The van der Waals surface area contributed by atoms with Gasteiger partial charge in [-0.05, 0) is 73.8 Å². The highest BCUT2D eigenvalue weighted by atomic mass is 16.3. The maximum Gasteiger partial charge on any atom is 0.164 e. The first-order chi connectivity index (χ1) is 24.2. The van der Waals surface area contributed by atoms with E-state index in [9.17, 15) is 0 Å². The van der Waals surface area contributed by atoms with Crippen molar-refractivity contribution in [2.45, 2.75) is 0 Å². The standard InChI is InChI=1S/C45H27N3O/c1-3-13-31-24-33(22-20-28(31)10-1)43-46-44(34-23-21-29-11-2-4-14-32(29)25-34)48-45(47-43)35-26-39(37-18-9-15-30-12-5-6-16-36(30)37)42-38-17-7-8-19-40(38)49-41(42)27-35/h1-27H. The van der Waals surface area contributed by atoms with Crippen LogP contribution in [-0.4, -0.2) is 15.0 Å². The predicted molar refractivity (Wildman–Crippen MR) is 201 cm³/mol. The highest BCUT2D eigenvalue weighted by Crippen LogP contribution is 2.42. The molecule has 0 N–H and O–H groups in total. The number of rotatable bonds is 4. The van der Waals surface area contributed by atoms with Crippen molar-refractivity contribution in [2.24, 2.45) is 0 Å². The first-order valence-corrected chi connectivity index (χ1v) is 16.4. The van der Waals surface area contributed by atoms with Gasteiger partial charge in [-0.1, -0.05) is 133 Å². The number of benzene rings is 8. The van der Waals surface area contributed by atoms with Crippen molar-refractivity contribution in [3.63, 3.8) is 0 Å². The lowest BCUT2D eigenvalue weighted by Crippen LogP contribution is -2.00. The van der Waals surface area contributed by atoms with Gasteiger partial charge in [0.1, 0.15) is 11.2 Å². The van der Waals surface area contributed by atoms with Gasteiger partial charge in [-0.25, -0.2) is 15.0 Å². The molecule has 0 saturated heterocycles. The van der Waals surface area contributed by atoms with E-state index in [4.69, 9.17) is 19.4 Å². The molecule has 0 aliphatic rings. The molecule has 4 nitrogen and oxygen atoms in total. The Hall–Kier alpha value is -6.65. The Morgan fingerprint density at radius 3 is 1.53 bits per heavy atom. The molecular weight excluding hydrogens is 599 g/mol. The van der Waals surface area contributed by atoms with Crippen LogP contribution in [0.1, 0.15) is 0 Å². The zero-order chi connectivity index (χ0) is 32.3. The molecule has 228 valence electrons. The van der Waals surface area contributed by atoms with Crippen molar-refractivity contribution in [1.82, 2.24) is 15.0 Å². The molecule has 0 fully saturated rings. The highest BCUT2D eigenvalue weighted by Gasteiger charge is 2.19. The maximum absolute atomic E-state index is 6.54. The average molecular weight is 626 g/mol. The second-order valence-corrected chi connectivity index (χ2v) is 12.5. The summed E-state index contributed by atoms with van der Waals surface area (Å²) in [5.41, 5.74) is 6.58. The molecule has 0 saturated carbocycles. The molecule has 49 heavy (non-hydrogen) atoms. The second-order valence-electron chi connectivity index (χ2n) is 12.5. The molecule has 0 radical (unpaired) electrons. The van der Waals surface area contributed by atoms with E-state index in [2.05, 4.69) is 152 Å². The Kier molecular flexibility index (Phi) is 6.15. The van der Waals surface area contributed by atoms with Crippen molar-refractivity contribution in [2.75, 3.05) is 0 Å². The van der Waals surface area contributed by atoms with Crippen LogP contribution in [0.5, 0.6) is 0 Å². The fourth-order valence-electron chi connectivity index (χ4n) is 7.08. The van der Waals surface area contributed by atoms with Gasteiger partial charge in [0, 0.05) is 27.5 Å². The average Bonchev–Trinajstić information content (AvgIpc) is 3.55. The van der Waals surface area contributed by atoms with E-state index in [1.165, 1.54) is 21.5 Å². The lowest BCUT2D eigenvalue weighted by atomic mass is 9.93. The van der Waals surface area contributed by atoms with Crippen LogP contribution in [0.25, 0.3) is 99.5 Å². The normalized spacial score (nSPS) is 11.7. The minimum Gasteiger partial charge on any atom is -0.456 e. The van der Waals surface area contributed by atoms with Gasteiger partial charge in [-0.3, -0.25) is 0 Å². The Balaban J connectivity index is 1.25. The number of hydrogen-bond acceptors (Lipinski definition) is 4. The van der Waals surface area contributed by atoms with Crippen molar-refractivity contribution in [3.8, 4) is 45.3 Å². The summed E-state index contributed by atoms with van der Waals surface area (Å²) >= 11 is 0. The first-order valence-electron chi connectivity index (χ1n) is 16.4. The number of nitrogens with zero attached hydrogens (tertiary/aromatic N) is 3. The molecule has 8 aromatic carbocycles. The predicted octanol–water partition coefficient (Wildman–Crippen LogP) is 11.9. The lowest BCUT2D eigenvalue weighted by molar-refractivity contribution is 0.669. The molecule has 10 rings (SSSR count). The van der Waals surface area contributed by atoms with E-state index in [0.717, 1.165) is 60.5 Å². The first kappa shape index (κ1) is 27.5. The third-order valence-electron chi connectivity index (χ3n) is 9.47. The Labute approximate surface area is 282 Å². The van der Waals surface area contributed by atoms with Gasteiger partial charge in [-0.15, -0.1) is 0 Å². The van der Waals surface area contributed by atoms with E-state index in [1.54, 1.807) is 0 Å². The van der Waals surface area contributed by atoms with Crippen molar-refractivity contribution < 1.29 is 4.42 Å². The van der Waals surface area contributed by atoms with Gasteiger partial charge in [0.15, 0.2) is 17.5 Å². The number of aromatic nitrogens is 3. The zero-order valence-corrected chi connectivity index (χ0v) is 26.3. The molecule has 2 aromatic heterocycles. The number of fused-ring (bicyclic) bond motifs is 6. The molecule has 0 aliphatic carbocycles. The van der Waals surface area contributed by atoms with Crippen LogP contribution in [0.4, 0.5) is 0 Å². The van der Waals surface area contributed by atoms with E-state index in [-0.39, 0.29) is 0 Å². The van der Waals surface area contributed by atoms with Crippen LogP contribution >= 0.6 is 0 Å². The summed E-state index contributed by atoms with van der Waals surface area (Å²) in [5, 5.41) is 9.13. The van der Waals surface area contributed by atoms with Gasteiger partial charge >= 0.3 is 0 Å². The molecule has 0 amide bonds. The second kappa shape index (κ2) is 11.0. The van der Waals surface area contributed by atoms with Crippen LogP contribution in [0.2, 0.25) is 0 Å². The van der Waals surface area contributed by atoms with Crippen LogP contribution in [0.15, 0.2) is 168 Å². The summed E-state index contributed by atoms with van der Waals surface area (Å²) in [6, 6.07) is 57.0. The molecule has 0 unspecified atom stereocenters. The molecule has 0 bridgehead atoms. The van der Waals surface area contributed by atoms with Crippen LogP contribution in [-0.2, 0) is 0 Å². The smallest absolute Gasteiger partial charge is 0.164 e. The summed E-state index contributed by atoms with van der Waals surface area (Å²) in [4.78, 5) is 15.4. The van der Waals surface area contributed by atoms with E-state index in [0.29, 0.717) is 17.5 Å². The summed E-state index contributed by atoms with van der Waals surface area (Å²) < 4.78 is 6.54. The van der Waals surface area contributed by atoms with Crippen LogP contribution in [0.3, 0.4) is 0 Å². The SMILES string of the molecule is c1ccc2cc(-c3nc(-c4ccc5ccccc5c4)nc(-c4cc(-c5cccc6ccccc56)c5c(c4)oc4ccccc45)n3)ccc2c1. The minimum atomic E-state index is 0.588. The molecule has 0 aliphatic heterocycles. The van der Waals surface area contributed by atoms with Crippen LogP contribution in [0, 0.1) is 0 Å². The highest BCUT2D eigenvalue weighted by molar-refractivity contribution is 6.16. The van der Waals surface area contributed by atoms with Gasteiger partial charge in [-0.2, -0.15) is 0 Å². The molecule has 0 atom stereocenters. The largest absolute Gasteiger partial charge is 0.456 e. The third kappa shape index (κ3) is 4.65. The van der Waals surface area contributed by atoms with Gasteiger partial charge < -0.3 is 4.42 Å². The van der Waals surface area contributed by atoms with Gasteiger partial charge in [0.05, 0.1) is 0 Å². The fourth-order valence-corrected chi connectivity index (χ4v) is 7.08. The number of hydrogen-bond donors (Lipinski definition) is 0. The maximum atomic E-state index is 6.54. The molecule has 4 heteroatoms. The summed E-state index contributed by atoms with van der Waals surface area (Å²) in [5.74, 6) is 1.83. The summed E-state index contributed by atoms with van der Waals surface area (Å²) in [7, 11) is 0. The number of para-hydroxylation sites is 1. The Morgan fingerprint density at radius 1 is 0.327 bits per heavy atom. The molecule has 10 aromatic rings. The van der Waals surface area contributed by atoms with Crippen molar-refractivity contribution in [1.29, 1.82) is 0 Å². The Bertz CT molecular complexity index is 2800. The van der Waals surface area contributed by atoms with E-state index >= 15 is 0 Å². The van der Waals surface area contributed by atoms with Crippen molar-refractivity contribution >= 4 is 54.3 Å². The van der Waals surface area contributed by atoms with Crippen molar-refractivity contribution in [3.05, 3.63) is 164 Å².